The normalized spacial score (nSPS) is 39.9. The van der Waals surface area contributed by atoms with E-state index in [0.717, 1.165) is 53.8 Å². The number of hydrogen-bond acceptors (Lipinski definition) is 2. The molecule has 4 aliphatic rings. The summed E-state index contributed by atoms with van der Waals surface area (Å²) in [5.41, 5.74) is 2.45. The van der Waals surface area contributed by atoms with Crippen molar-refractivity contribution in [3.05, 3.63) is 29.8 Å². The van der Waals surface area contributed by atoms with Gasteiger partial charge in [0, 0.05) is 6.26 Å². The van der Waals surface area contributed by atoms with Gasteiger partial charge in [-0.25, -0.2) is 8.42 Å². The molecular weight excluding hydrogens is 484 g/mol. The molecule has 0 amide bonds. The molecule has 214 valence electrons. The van der Waals surface area contributed by atoms with E-state index in [9.17, 15) is 8.42 Å². The smallest absolute Gasteiger partial charge is 0.175 e. The number of benzene rings is 1. The highest BCUT2D eigenvalue weighted by Crippen LogP contribution is 2.68. The zero-order chi connectivity index (χ0) is 27.3. The van der Waals surface area contributed by atoms with Gasteiger partial charge >= 0.3 is 0 Å². The fraction of sp³-hybridized carbons (Fsp3) is 0.829. The topological polar surface area (TPSA) is 34.1 Å². The number of fused-ring (bicyclic) bond motifs is 5. The predicted molar refractivity (Wildman–Crippen MR) is 160 cm³/mol. The van der Waals surface area contributed by atoms with E-state index in [1.165, 1.54) is 88.9 Å². The van der Waals surface area contributed by atoms with Crippen molar-refractivity contribution in [3.63, 3.8) is 0 Å². The number of rotatable bonds is 8. The molecule has 4 fully saturated rings. The molecule has 0 aromatic heterocycles. The quantitative estimate of drug-likeness (QED) is 0.329. The summed E-state index contributed by atoms with van der Waals surface area (Å²) in [6.45, 7) is 12.8. The zero-order valence-corrected chi connectivity index (χ0v) is 26.2. The minimum absolute atomic E-state index is 0.444. The molecule has 4 saturated carbocycles. The molecule has 38 heavy (non-hydrogen) atoms. The highest BCUT2D eigenvalue weighted by Gasteiger charge is 2.60. The summed E-state index contributed by atoms with van der Waals surface area (Å²) in [7, 11) is -3.11. The number of hydrogen-bond donors (Lipinski definition) is 0. The monoisotopic (exact) mass is 540 g/mol. The number of sulfone groups is 1. The Kier molecular flexibility index (Phi) is 8.20. The van der Waals surface area contributed by atoms with Crippen molar-refractivity contribution in [2.45, 2.75) is 123 Å². The van der Waals surface area contributed by atoms with Crippen molar-refractivity contribution in [1.82, 2.24) is 0 Å². The van der Waals surface area contributed by atoms with Crippen LogP contribution in [0.3, 0.4) is 0 Å². The highest BCUT2D eigenvalue weighted by atomic mass is 32.2. The first-order valence-electron chi connectivity index (χ1n) is 16.2. The van der Waals surface area contributed by atoms with Crippen LogP contribution in [0.25, 0.3) is 0 Å². The van der Waals surface area contributed by atoms with Gasteiger partial charge in [-0.3, -0.25) is 0 Å². The maximum absolute atomic E-state index is 11.8. The van der Waals surface area contributed by atoms with Gasteiger partial charge in [-0.2, -0.15) is 0 Å². The van der Waals surface area contributed by atoms with Gasteiger partial charge in [0.15, 0.2) is 9.84 Å². The van der Waals surface area contributed by atoms with Crippen LogP contribution in [0, 0.1) is 58.2 Å². The molecule has 1 aromatic rings. The van der Waals surface area contributed by atoms with Crippen molar-refractivity contribution < 1.29 is 8.42 Å². The van der Waals surface area contributed by atoms with Gasteiger partial charge in [-0.15, -0.1) is 0 Å². The Morgan fingerprint density at radius 1 is 0.842 bits per heavy atom. The summed E-state index contributed by atoms with van der Waals surface area (Å²) in [4.78, 5) is 0.444. The predicted octanol–water partition coefficient (Wildman–Crippen LogP) is 9.37. The van der Waals surface area contributed by atoms with Crippen LogP contribution in [0.1, 0.15) is 117 Å². The first-order chi connectivity index (χ1) is 17.9. The van der Waals surface area contributed by atoms with E-state index in [4.69, 9.17) is 0 Å². The Labute approximate surface area is 235 Å². The van der Waals surface area contributed by atoms with Crippen LogP contribution in [-0.2, 0) is 16.3 Å². The molecule has 0 spiro atoms. The lowest BCUT2D eigenvalue weighted by molar-refractivity contribution is -0.121. The van der Waals surface area contributed by atoms with Gasteiger partial charge in [-0.1, -0.05) is 66.0 Å². The minimum atomic E-state index is -3.11. The van der Waals surface area contributed by atoms with Crippen molar-refractivity contribution in [2.75, 3.05) is 6.26 Å². The molecule has 0 saturated heterocycles. The van der Waals surface area contributed by atoms with Gasteiger partial charge in [0.05, 0.1) is 4.90 Å². The van der Waals surface area contributed by atoms with Gasteiger partial charge in [0.2, 0.25) is 0 Å². The molecule has 3 heteroatoms. The molecule has 0 N–H and O–H groups in total. The zero-order valence-electron chi connectivity index (χ0n) is 25.3. The Bertz CT molecular complexity index is 1060. The standard InChI is InChI=1S/C35H56O2S/c1-24(2)8-7-9-25(3)31-16-17-32-30-15-12-28-23-27(22-26-10-13-29(14-11-26)38(6,36)37)18-20-34(28,4)33(30)19-21-35(31,32)5/h10-11,13-14,24-25,27-28,30-33H,7-9,12,15-23H2,1-6H3/t25?,27?,28?,30?,31?,32?,33?,34-,35+/m0/s1. The molecule has 2 nitrogen and oxygen atoms in total. The Balaban J connectivity index is 1.22. The lowest BCUT2D eigenvalue weighted by atomic mass is 9.44. The van der Waals surface area contributed by atoms with Gasteiger partial charge < -0.3 is 0 Å². The van der Waals surface area contributed by atoms with E-state index >= 15 is 0 Å². The van der Waals surface area contributed by atoms with E-state index in [0.29, 0.717) is 15.7 Å². The molecule has 0 radical (unpaired) electrons. The summed E-state index contributed by atoms with van der Waals surface area (Å²) in [6, 6.07) is 7.73. The lowest BCUT2D eigenvalue weighted by Gasteiger charge is -2.61. The van der Waals surface area contributed by atoms with Crippen molar-refractivity contribution in [2.24, 2.45) is 58.2 Å². The van der Waals surface area contributed by atoms with Gasteiger partial charge in [0.1, 0.15) is 0 Å². The summed E-state index contributed by atoms with van der Waals surface area (Å²) < 4.78 is 23.7. The summed E-state index contributed by atoms with van der Waals surface area (Å²) in [5.74, 6) is 7.23. The molecular formula is C35H56O2S. The first-order valence-corrected chi connectivity index (χ1v) is 18.1. The van der Waals surface area contributed by atoms with Crippen LogP contribution in [0.15, 0.2) is 29.2 Å². The Morgan fingerprint density at radius 3 is 2.21 bits per heavy atom. The van der Waals surface area contributed by atoms with Crippen molar-refractivity contribution >= 4 is 9.84 Å². The Hall–Kier alpha value is -0.830. The first kappa shape index (κ1) is 28.7. The molecule has 0 heterocycles. The van der Waals surface area contributed by atoms with E-state index in [1.807, 2.05) is 12.1 Å². The second-order valence-corrected chi connectivity index (χ2v) is 17.5. The van der Waals surface area contributed by atoms with Crippen LogP contribution >= 0.6 is 0 Å². The van der Waals surface area contributed by atoms with Crippen LogP contribution in [0.4, 0.5) is 0 Å². The van der Waals surface area contributed by atoms with Crippen molar-refractivity contribution in [3.8, 4) is 0 Å². The lowest BCUT2D eigenvalue weighted by Crippen LogP contribution is -2.53. The molecule has 9 atom stereocenters. The van der Waals surface area contributed by atoms with E-state index in [-0.39, 0.29) is 0 Å². The second-order valence-electron chi connectivity index (χ2n) is 15.4. The van der Waals surface area contributed by atoms with Gasteiger partial charge in [0.25, 0.3) is 0 Å². The molecule has 0 aliphatic heterocycles. The Morgan fingerprint density at radius 2 is 1.53 bits per heavy atom. The molecule has 7 unspecified atom stereocenters. The summed E-state index contributed by atoms with van der Waals surface area (Å²) in [5, 5.41) is 0. The largest absolute Gasteiger partial charge is 0.224 e. The van der Waals surface area contributed by atoms with Crippen LogP contribution in [0.2, 0.25) is 0 Å². The molecule has 1 aromatic carbocycles. The molecule has 4 aliphatic carbocycles. The van der Waals surface area contributed by atoms with E-state index in [1.54, 1.807) is 0 Å². The summed E-state index contributed by atoms with van der Waals surface area (Å²) in [6.07, 6.45) is 19.7. The van der Waals surface area contributed by atoms with E-state index < -0.39 is 9.84 Å². The second kappa shape index (κ2) is 10.9. The minimum Gasteiger partial charge on any atom is -0.224 e. The van der Waals surface area contributed by atoms with Gasteiger partial charge in [-0.05, 0) is 140 Å². The fourth-order valence-electron chi connectivity index (χ4n) is 10.8. The van der Waals surface area contributed by atoms with Crippen LogP contribution in [0.5, 0.6) is 0 Å². The van der Waals surface area contributed by atoms with Crippen LogP contribution in [-0.4, -0.2) is 14.7 Å². The van der Waals surface area contributed by atoms with Crippen molar-refractivity contribution in [1.29, 1.82) is 0 Å². The SMILES string of the molecule is CC(C)CCCC(C)C1CCC2C3CCC4CC(Cc5ccc(S(C)(=O)=O)cc5)CC[C@]4(C)C3CC[C@]12C. The summed E-state index contributed by atoms with van der Waals surface area (Å²) >= 11 is 0. The fourth-order valence-corrected chi connectivity index (χ4v) is 11.4. The molecule has 5 rings (SSSR count). The van der Waals surface area contributed by atoms with E-state index in [2.05, 4.69) is 46.8 Å². The third-order valence-electron chi connectivity index (χ3n) is 12.9. The highest BCUT2D eigenvalue weighted by molar-refractivity contribution is 7.90. The maximum atomic E-state index is 11.8. The third-order valence-corrected chi connectivity index (χ3v) is 14.0. The third kappa shape index (κ3) is 5.40. The maximum Gasteiger partial charge on any atom is 0.175 e. The molecule has 0 bridgehead atoms. The average molecular weight is 541 g/mol. The average Bonchev–Trinajstić information content (AvgIpc) is 3.21. The van der Waals surface area contributed by atoms with Crippen LogP contribution < -0.4 is 0 Å².